The van der Waals surface area contributed by atoms with Crippen LogP contribution in [0.4, 0.5) is 11.4 Å². The fraction of sp³-hybridized carbons (Fsp3) is 0.581. The van der Waals surface area contributed by atoms with Gasteiger partial charge in [0.25, 0.3) is 11.8 Å². The van der Waals surface area contributed by atoms with Gasteiger partial charge < -0.3 is 20.1 Å². The number of carbonyl (C=O) groups excluding carboxylic acids is 2. The fourth-order valence-electron chi connectivity index (χ4n) is 6.75. The lowest BCUT2D eigenvalue weighted by Gasteiger charge is -2.31. The van der Waals surface area contributed by atoms with Crippen molar-refractivity contribution in [1.82, 2.24) is 10.2 Å². The summed E-state index contributed by atoms with van der Waals surface area (Å²) >= 11 is 0. The highest BCUT2D eigenvalue weighted by atomic mass is 16.5. The number of phenolic OH excluding ortho intramolecular Hbond substituents is 1. The molecule has 2 N–H and O–H groups in total. The van der Waals surface area contributed by atoms with Gasteiger partial charge >= 0.3 is 0 Å². The number of phenols is 1. The van der Waals surface area contributed by atoms with Gasteiger partial charge in [0.05, 0.1) is 12.7 Å². The van der Waals surface area contributed by atoms with E-state index in [0.717, 1.165) is 95.5 Å². The number of ether oxygens (including phenoxy) is 1. The number of carbonyl (C=O) groups is 2. The molecular weight excluding hydrogens is 636 g/mol. The van der Waals surface area contributed by atoms with Gasteiger partial charge in [-0.15, -0.1) is 10.2 Å². The van der Waals surface area contributed by atoms with Crippen LogP contribution in [0.2, 0.25) is 0 Å². The maximum Gasteiger partial charge on any atom is 0.255 e. The first-order chi connectivity index (χ1) is 24.7. The van der Waals surface area contributed by atoms with Gasteiger partial charge in [-0.25, -0.2) is 0 Å². The van der Waals surface area contributed by atoms with E-state index in [1.54, 1.807) is 31.4 Å². The van der Waals surface area contributed by atoms with Crippen molar-refractivity contribution < 1.29 is 19.4 Å². The molecule has 8 nitrogen and oxygen atoms in total. The molecule has 3 rings (SSSR count). The molecule has 0 aliphatic heterocycles. The fourth-order valence-corrected chi connectivity index (χ4v) is 6.75. The molecule has 0 heterocycles. The van der Waals surface area contributed by atoms with Crippen LogP contribution in [0.5, 0.6) is 11.5 Å². The number of hydrogen-bond acceptors (Lipinski definition) is 6. The lowest BCUT2D eigenvalue weighted by molar-refractivity contribution is 0.0684. The van der Waals surface area contributed by atoms with Crippen LogP contribution < -0.4 is 10.1 Å². The van der Waals surface area contributed by atoms with Gasteiger partial charge in [0, 0.05) is 30.6 Å². The topological polar surface area (TPSA) is 104 Å². The van der Waals surface area contributed by atoms with Gasteiger partial charge in [-0.05, 0) is 66.7 Å². The molecule has 3 aromatic carbocycles. The quantitative estimate of drug-likeness (QED) is 0.0961. The van der Waals surface area contributed by atoms with Crippen LogP contribution in [-0.4, -0.2) is 48.6 Å². The number of rotatable bonds is 23. The van der Waals surface area contributed by atoms with Crippen molar-refractivity contribution in [2.45, 2.75) is 119 Å². The van der Waals surface area contributed by atoms with Crippen molar-refractivity contribution >= 4 is 34.0 Å². The van der Waals surface area contributed by atoms with Gasteiger partial charge in [0.1, 0.15) is 17.1 Å². The second kappa shape index (κ2) is 22.1. The summed E-state index contributed by atoms with van der Waals surface area (Å²) in [6.45, 7) is 15.2. The summed E-state index contributed by atoms with van der Waals surface area (Å²) in [6.07, 6.45) is 13.1. The zero-order valence-electron chi connectivity index (χ0n) is 32.5. The molecule has 8 heteroatoms. The highest BCUT2D eigenvalue weighted by Gasteiger charge is 2.24. The van der Waals surface area contributed by atoms with Crippen LogP contribution >= 0.6 is 0 Å². The van der Waals surface area contributed by atoms with Gasteiger partial charge in [-0.3, -0.25) is 9.59 Å². The Hall–Kier alpha value is -3.94. The van der Waals surface area contributed by atoms with Gasteiger partial charge in [0.15, 0.2) is 5.75 Å². The number of nitrogens with zero attached hydrogens (tertiary/aromatic N) is 3. The molecule has 0 bridgehead atoms. The summed E-state index contributed by atoms with van der Waals surface area (Å²) in [7, 11) is 1.56. The molecule has 0 aliphatic rings. The maximum atomic E-state index is 14.3. The molecule has 0 saturated heterocycles. The molecule has 0 fully saturated rings. The summed E-state index contributed by atoms with van der Waals surface area (Å²) in [5.74, 6) is 1.13. The van der Waals surface area contributed by atoms with E-state index in [4.69, 9.17) is 4.74 Å². The van der Waals surface area contributed by atoms with E-state index in [1.807, 2.05) is 24.3 Å². The van der Waals surface area contributed by atoms with Crippen molar-refractivity contribution in [1.29, 1.82) is 0 Å². The molecule has 0 aromatic heterocycles. The Morgan fingerprint density at radius 1 is 0.784 bits per heavy atom. The zero-order chi connectivity index (χ0) is 37.2. The van der Waals surface area contributed by atoms with Crippen LogP contribution in [0.15, 0.2) is 58.8 Å². The van der Waals surface area contributed by atoms with Crippen molar-refractivity contribution in [3.63, 3.8) is 0 Å². The number of aromatic hydroxyl groups is 1. The largest absolute Gasteiger partial charge is 0.505 e. The molecule has 3 aromatic rings. The standard InChI is InChI=1S/C43H64N4O4/c1-8-14-19-31(11-4)28-44-42(49)37-26-34-22-17-18-23-36(34)40(41(37)48)46-45-38-27-35(24-25-39(38)51-7)43(50)47(29-32(12-5)20-15-9-2)30-33(13-6)21-16-10-3/h17-18,22-27,31-33,48H,8-16,19-21,28-30H2,1-7H3,(H,44,49). The molecule has 3 atom stereocenters. The van der Waals surface area contributed by atoms with E-state index in [2.05, 4.69) is 62.0 Å². The number of methoxy groups -OCH3 is 1. The first kappa shape index (κ1) is 41.5. The number of unbranched alkanes of at least 4 members (excludes halogenated alkanes) is 3. The smallest absolute Gasteiger partial charge is 0.255 e. The van der Waals surface area contributed by atoms with Crippen LogP contribution in [-0.2, 0) is 0 Å². The average molecular weight is 701 g/mol. The first-order valence-corrected chi connectivity index (χ1v) is 19.7. The summed E-state index contributed by atoms with van der Waals surface area (Å²) in [6, 6.07) is 14.5. The Morgan fingerprint density at radius 2 is 1.37 bits per heavy atom. The second-order valence-corrected chi connectivity index (χ2v) is 14.1. The number of amides is 2. The van der Waals surface area contributed by atoms with Gasteiger partial charge in [-0.1, -0.05) is 124 Å². The van der Waals surface area contributed by atoms with Crippen LogP contribution in [0, 0.1) is 17.8 Å². The van der Waals surface area contributed by atoms with E-state index in [0.29, 0.717) is 46.7 Å². The van der Waals surface area contributed by atoms with Gasteiger partial charge in [0.2, 0.25) is 0 Å². The molecule has 0 spiro atoms. The summed E-state index contributed by atoms with van der Waals surface area (Å²) in [5, 5.41) is 25.0. The second-order valence-electron chi connectivity index (χ2n) is 14.1. The van der Waals surface area contributed by atoms with E-state index < -0.39 is 0 Å². The minimum Gasteiger partial charge on any atom is -0.505 e. The monoisotopic (exact) mass is 700 g/mol. The van der Waals surface area contributed by atoms with Crippen LogP contribution in [0.3, 0.4) is 0 Å². The Balaban J connectivity index is 2.00. The number of benzene rings is 3. The lowest BCUT2D eigenvalue weighted by Crippen LogP contribution is -2.39. The van der Waals surface area contributed by atoms with Crippen LogP contribution in [0.1, 0.15) is 139 Å². The molecule has 2 amide bonds. The minimum absolute atomic E-state index is 0.0183. The third-order valence-corrected chi connectivity index (χ3v) is 10.3. The third kappa shape index (κ3) is 12.1. The van der Waals surface area contributed by atoms with Crippen LogP contribution in [0.25, 0.3) is 10.8 Å². The molecule has 51 heavy (non-hydrogen) atoms. The molecule has 3 unspecified atom stereocenters. The van der Waals surface area contributed by atoms with Crippen molar-refractivity contribution in [2.24, 2.45) is 28.0 Å². The number of fused-ring (bicyclic) bond motifs is 1. The molecule has 0 radical (unpaired) electrons. The predicted molar refractivity (Wildman–Crippen MR) is 211 cm³/mol. The number of nitrogens with one attached hydrogen (secondary N) is 1. The lowest BCUT2D eigenvalue weighted by atomic mass is 9.95. The minimum atomic E-state index is -0.344. The van der Waals surface area contributed by atoms with E-state index in [-0.39, 0.29) is 28.8 Å². The maximum absolute atomic E-state index is 14.3. The van der Waals surface area contributed by atoms with Crippen molar-refractivity contribution in [3.8, 4) is 11.5 Å². The average Bonchev–Trinajstić information content (AvgIpc) is 3.16. The van der Waals surface area contributed by atoms with Gasteiger partial charge in [-0.2, -0.15) is 0 Å². The molecule has 0 saturated carbocycles. The molecular formula is C43H64N4O4. The first-order valence-electron chi connectivity index (χ1n) is 19.7. The summed E-state index contributed by atoms with van der Waals surface area (Å²) < 4.78 is 5.65. The highest BCUT2D eigenvalue weighted by Crippen LogP contribution is 2.40. The number of azo groups is 1. The normalized spacial score (nSPS) is 13.3. The Labute approximate surface area is 307 Å². The Morgan fingerprint density at radius 3 is 1.94 bits per heavy atom. The van der Waals surface area contributed by atoms with Crippen molar-refractivity contribution in [2.75, 3.05) is 26.7 Å². The number of hydrogen-bond donors (Lipinski definition) is 2. The highest BCUT2D eigenvalue weighted by molar-refractivity contribution is 6.06. The molecule has 280 valence electrons. The summed E-state index contributed by atoms with van der Waals surface area (Å²) in [4.78, 5) is 29.8. The van der Waals surface area contributed by atoms with Crippen molar-refractivity contribution in [3.05, 3.63) is 59.7 Å². The van der Waals surface area contributed by atoms with E-state index >= 15 is 0 Å². The Kier molecular flexibility index (Phi) is 18.0. The predicted octanol–water partition coefficient (Wildman–Crippen LogP) is 11.8. The van der Waals surface area contributed by atoms with E-state index in [1.165, 1.54) is 0 Å². The molecule has 0 aliphatic carbocycles. The zero-order valence-corrected chi connectivity index (χ0v) is 32.5. The SMILES string of the molecule is CCCCC(CC)CNC(=O)c1cc2ccccc2c(N=Nc2cc(C(=O)N(CC(CC)CCCC)CC(CC)CCCC)ccc2OC)c1O. The van der Waals surface area contributed by atoms with E-state index in [9.17, 15) is 14.7 Å². The third-order valence-electron chi connectivity index (χ3n) is 10.3. The summed E-state index contributed by atoms with van der Waals surface area (Å²) in [5.41, 5.74) is 1.25. The Bertz CT molecular complexity index is 1540.